The number of nitrogens with one attached hydrogen (secondary N) is 1. The molecule has 1 atom stereocenters. The first-order chi connectivity index (χ1) is 12.1. The van der Waals surface area contributed by atoms with E-state index in [-0.39, 0.29) is 23.9 Å². The van der Waals surface area contributed by atoms with E-state index in [0.717, 1.165) is 18.9 Å². The van der Waals surface area contributed by atoms with Crippen molar-refractivity contribution in [2.45, 2.75) is 25.4 Å². The van der Waals surface area contributed by atoms with Crippen molar-refractivity contribution in [3.8, 4) is 0 Å². The lowest BCUT2D eigenvalue weighted by atomic mass is 9.90. The number of hydrogen-bond acceptors (Lipinski definition) is 3. The Labute approximate surface area is 146 Å². The number of carbonyl (C=O) groups is 1. The van der Waals surface area contributed by atoms with Crippen molar-refractivity contribution < 1.29 is 23.0 Å². The molecule has 2 heterocycles. The molecule has 1 unspecified atom stereocenters. The highest BCUT2D eigenvalue weighted by Gasteiger charge is 2.24. The van der Waals surface area contributed by atoms with Gasteiger partial charge in [-0.1, -0.05) is 0 Å². The van der Waals surface area contributed by atoms with Gasteiger partial charge in [0.2, 0.25) is 0 Å². The first-order valence-electron chi connectivity index (χ1n) is 8.78. The fraction of sp³-hybridized carbons (Fsp3) is 0.611. The summed E-state index contributed by atoms with van der Waals surface area (Å²) in [5, 5.41) is 2.88. The maximum Gasteiger partial charge on any atom is 0.317 e. The molecule has 0 bridgehead atoms. The molecule has 7 heteroatoms. The second-order valence-electron chi connectivity index (χ2n) is 6.62. The molecule has 0 spiro atoms. The molecule has 2 aliphatic rings. The van der Waals surface area contributed by atoms with E-state index in [9.17, 15) is 13.6 Å². The SMILES string of the molecule is O=C(NCC1COCCO1)N1CCC(Cc2cc(F)ccc2F)CC1. The number of rotatable bonds is 4. The molecule has 25 heavy (non-hydrogen) atoms. The van der Waals surface area contributed by atoms with E-state index in [0.29, 0.717) is 51.4 Å². The van der Waals surface area contributed by atoms with Crippen molar-refractivity contribution >= 4 is 6.03 Å². The van der Waals surface area contributed by atoms with Crippen LogP contribution in [-0.4, -0.2) is 56.5 Å². The summed E-state index contributed by atoms with van der Waals surface area (Å²) < 4.78 is 37.8. The van der Waals surface area contributed by atoms with Gasteiger partial charge in [-0.05, 0) is 48.9 Å². The van der Waals surface area contributed by atoms with E-state index in [1.54, 1.807) is 4.90 Å². The number of benzene rings is 1. The molecule has 3 rings (SSSR count). The molecule has 2 aliphatic heterocycles. The maximum absolute atomic E-state index is 13.7. The average Bonchev–Trinajstić information content (AvgIpc) is 2.64. The smallest absolute Gasteiger partial charge is 0.317 e. The first-order valence-corrected chi connectivity index (χ1v) is 8.78. The summed E-state index contributed by atoms with van der Waals surface area (Å²) in [4.78, 5) is 14.0. The Morgan fingerprint density at radius 2 is 2.04 bits per heavy atom. The molecule has 0 aliphatic carbocycles. The Morgan fingerprint density at radius 3 is 2.76 bits per heavy atom. The highest BCUT2D eigenvalue weighted by molar-refractivity contribution is 5.74. The lowest BCUT2D eigenvalue weighted by Gasteiger charge is -2.33. The van der Waals surface area contributed by atoms with E-state index < -0.39 is 5.82 Å². The van der Waals surface area contributed by atoms with Crippen LogP contribution in [0, 0.1) is 17.6 Å². The molecule has 2 amide bonds. The van der Waals surface area contributed by atoms with E-state index >= 15 is 0 Å². The van der Waals surface area contributed by atoms with Gasteiger partial charge >= 0.3 is 6.03 Å². The number of carbonyl (C=O) groups excluding carboxylic acids is 1. The lowest BCUT2D eigenvalue weighted by molar-refractivity contribution is -0.0856. The Kier molecular flexibility index (Phi) is 6.20. The lowest BCUT2D eigenvalue weighted by Crippen LogP contribution is -2.48. The summed E-state index contributed by atoms with van der Waals surface area (Å²) >= 11 is 0. The zero-order chi connectivity index (χ0) is 17.6. The summed E-state index contributed by atoms with van der Waals surface area (Å²) in [6, 6.07) is 3.46. The number of halogens is 2. The summed E-state index contributed by atoms with van der Waals surface area (Å²) in [5.41, 5.74) is 0.414. The third-order valence-corrected chi connectivity index (χ3v) is 4.78. The fourth-order valence-electron chi connectivity index (χ4n) is 3.32. The topological polar surface area (TPSA) is 50.8 Å². The van der Waals surface area contributed by atoms with Gasteiger partial charge in [-0.25, -0.2) is 13.6 Å². The standard InChI is InChI=1S/C18H24F2N2O3/c19-15-1-2-17(20)14(10-15)9-13-3-5-22(6-4-13)18(23)21-11-16-12-24-7-8-25-16/h1-2,10,13,16H,3-9,11-12H2,(H,21,23). The van der Waals surface area contributed by atoms with Crippen LogP contribution in [0.3, 0.4) is 0 Å². The number of hydrogen-bond donors (Lipinski definition) is 1. The van der Waals surface area contributed by atoms with Gasteiger partial charge in [0.25, 0.3) is 0 Å². The number of nitrogens with zero attached hydrogens (tertiary/aromatic N) is 1. The minimum absolute atomic E-state index is 0.0915. The molecule has 2 fully saturated rings. The molecule has 0 radical (unpaired) electrons. The Bertz CT molecular complexity index is 586. The molecule has 1 N–H and O–H groups in total. The summed E-state index contributed by atoms with van der Waals surface area (Å²) in [6.45, 7) is 3.34. The second kappa shape index (κ2) is 8.58. The van der Waals surface area contributed by atoms with Crippen LogP contribution in [-0.2, 0) is 15.9 Å². The van der Waals surface area contributed by atoms with Gasteiger partial charge in [0, 0.05) is 19.6 Å². The van der Waals surface area contributed by atoms with Gasteiger partial charge < -0.3 is 19.7 Å². The molecular formula is C18H24F2N2O3. The second-order valence-corrected chi connectivity index (χ2v) is 6.62. The van der Waals surface area contributed by atoms with Crippen molar-refractivity contribution in [3.05, 3.63) is 35.4 Å². The van der Waals surface area contributed by atoms with Gasteiger partial charge in [-0.3, -0.25) is 0 Å². The molecule has 2 saturated heterocycles. The van der Waals surface area contributed by atoms with Gasteiger partial charge in [0.05, 0.1) is 25.9 Å². The monoisotopic (exact) mass is 354 g/mol. The molecule has 0 aromatic heterocycles. The van der Waals surface area contributed by atoms with Gasteiger partial charge in [0.15, 0.2) is 0 Å². The fourth-order valence-corrected chi connectivity index (χ4v) is 3.32. The van der Waals surface area contributed by atoms with Crippen molar-refractivity contribution in [2.75, 3.05) is 39.5 Å². The molecule has 0 saturated carbocycles. The highest BCUT2D eigenvalue weighted by atomic mass is 19.1. The number of likely N-dealkylation sites (tertiary alicyclic amines) is 1. The first kappa shape index (κ1) is 18.1. The minimum atomic E-state index is -0.415. The van der Waals surface area contributed by atoms with E-state index in [1.807, 2.05) is 0 Å². The van der Waals surface area contributed by atoms with E-state index in [2.05, 4.69) is 5.32 Å². The largest absolute Gasteiger partial charge is 0.376 e. The van der Waals surface area contributed by atoms with Crippen LogP contribution < -0.4 is 5.32 Å². The van der Waals surface area contributed by atoms with Gasteiger partial charge in [-0.2, -0.15) is 0 Å². The summed E-state index contributed by atoms with van der Waals surface area (Å²) in [6.07, 6.45) is 1.98. The van der Waals surface area contributed by atoms with Crippen LogP contribution in [0.5, 0.6) is 0 Å². The van der Waals surface area contributed by atoms with Crippen LogP contribution in [0.2, 0.25) is 0 Å². The van der Waals surface area contributed by atoms with Crippen LogP contribution in [0.4, 0.5) is 13.6 Å². The van der Waals surface area contributed by atoms with Crippen molar-refractivity contribution in [1.29, 1.82) is 0 Å². The predicted molar refractivity (Wildman–Crippen MR) is 88.3 cm³/mol. The Balaban J connectivity index is 1.41. The number of ether oxygens (including phenoxy) is 2. The zero-order valence-corrected chi connectivity index (χ0v) is 14.2. The minimum Gasteiger partial charge on any atom is -0.376 e. The quantitative estimate of drug-likeness (QED) is 0.903. The normalized spacial score (nSPS) is 22.0. The molecule has 1 aromatic rings. The van der Waals surface area contributed by atoms with E-state index in [4.69, 9.17) is 9.47 Å². The molecule has 1 aromatic carbocycles. The maximum atomic E-state index is 13.7. The van der Waals surface area contributed by atoms with Crippen molar-refractivity contribution in [3.63, 3.8) is 0 Å². The third-order valence-electron chi connectivity index (χ3n) is 4.78. The van der Waals surface area contributed by atoms with Gasteiger partial charge in [0.1, 0.15) is 11.6 Å². The Morgan fingerprint density at radius 1 is 1.24 bits per heavy atom. The van der Waals surface area contributed by atoms with Crippen molar-refractivity contribution in [2.24, 2.45) is 5.92 Å². The summed E-state index contributed by atoms with van der Waals surface area (Å²) in [5.74, 6) is -0.520. The highest BCUT2D eigenvalue weighted by Crippen LogP contribution is 2.23. The Hall–Kier alpha value is -1.73. The van der Waals surface area contributed by atoms with Crippen LogP contribution in [0.25, 0.3) is 0 Å². The van der Waals surface area contributed by atoms with Crippen molar-refractivity contribution in [1.82, 2.24) is 10.2 Å². The zero-order valence-electron chi connectivity index (χ0n) is 14.2. The number of amides is 2. The van der Waals surface area contributed by atoms with Gasteiger partial charge in [-0.15, -0.1) is 0 Å². The third kappa shape index (κ3) is 5.12. The molecule has 138 valence electrons. The number of piperidine rings is 1. The van der Waals surface area contributed by atoms with Crippen LogP contribution in [0.1, 0.15) is 18.4 Å². The number of urea groups is 1. The average molecular weight is 354 g/mol. The molecule has 5 nitrogen and oxygen atoms in total. The summed E-state index contributed by atoms with van der Waals surface area (Å²) in [7, 11) is 0. The molecular weight excluding hydrogens is 330 g/mol. The van der Waals surface area contributed by atoms with E-state index in [1.165, 1.54) is 12.1 Å². The van der Waals surface area contributed by atoms with Crippen LogP contribution >= 0.6 is 0 Å². The predicted octanol–water partition coefficient (Wildman–Crippen LogP) is 2.34. The van der Waals surface area contributed by atoms with Crippen LogP contribution in [0.15, 0.2) is 18.2 Å².